The zero-order valence-corrected chi connectivity index (χ0v) is 13.6. The van der Waals surface area contributed by atoms with Crippen molar-refractivity contribution in [2.75, 3.05) is 13.2 Å². The Bertz CT molecular complexity index is 419. The van der Waals surface area contributed by atoms with Crippen molar-refractivity contribution in [2.24, 2.45) is 5.92 Å². The smallest absolute Gasteiger partial charge is 0.142 e. The first-order chi connectivity index (χ1) is 9.35. The number of halogens is 1. The molecule has 4 heteroatoms. The van der Waals surface area contributed by atoms with Crippen molar-refractivity contribution in [3.8, 4) is 5.75 Å². The third-order valence-electron chi connectivity index (χ3n) is 3.21. The van der Waals surface area contributed by atoms with Gasteiger partial charge in [0.05, 0.1) is 10.6 Å². The van der Waals surface area contributed by atoms with Crippen LogP contribution < -0.4 is 10.1 Å². The van der Waals surface area contributed by atoms with Gasteiger partial charge in [0.1, 0.15) is 12.4 Å². The van der Waals surface area contributed by atoms with Crippen LogP contribution in [0.2, 0.25) is 5.02 Å². The van der Waals surface area contributed by atoms with Gasteiger partial charge in [0.25, 0.3) is 0 Å². The third-order valence-corrected chi connectivity index (χ3v) is 3.50. The number of nitrogens with one attached hydrogen (secondary N) is 1. The number of rotatable bonds is 8. The van der Waals surface area contributed by atoms with E-state index in [-0.39, 0.29) is 6.61 Å². The number of ether oxygens (including phenoxy) is 1. The first-order valence-electron chi connectivity index (χ1n) is 7.19. The molecule has 0 fully saturated rings. The van der Waals surface area contributed by atoms with Gasteiger partial charge in [-0.25, -0.2) is 0 Å². The maximum Gasteiger partial charge on any atom is 0.142 e. The van der Waals surface area contributed by atoms with Crippen LogP contribution in [0.3, 0.4) is 0 Å². The standard InChI is InChI=1S/C16H26ClNO2/c1-5-16(4,19)11-20-15-13(7-6-8-14(15)17)10-18-9-12(2)3/h6-8,12,18-19H,5,9-11H2,1-4H3. The summed E-state index contributed by atoms with van der Waals surface area (Å²) >= 11 is 6.21. The molecule has 2 N–H and O–H groups in total. The van der Waals surface area contributed by atoms with E-state index in [4.69, 9.17) is 16.3 Å². The molecule has 20 heavy (non-hydrogen) atoms. The second-order valence-electron chi connectivity index (χ2n) is 5.89. The summed E-state index contributed by atoms with van der Waals surface area (Å²) in [7, 11) is 0. The highest BCUT2D eigenvalue weighted by atomic mass is 35.5. The van der Waals surface area contributed by atoms with Gasteiger partial charge in [-0.3, -0.25) is 0 Å². The molecule has 0 heterocycles. The van der Waals surface area contributed by atoms with E-state index < -0.39 is 5.60 Å². The Balaban J connectivity index is 2.72. The summed E-state index contributed by atoms with van der Waals surface area (Å²) in [5.74, 6) is 1.26. The SMILES string of the molecule is CCC(C)(O)COc1c(Cl)cccc1CNCC(C)C. The quantitative estimate of drug-likeness (QED) is 0.770. The average molecular weight is 300 g/mol. The number of benzene rings is 1. The van der Waals surface area contributed by atoms with Crippen LogP contribution in [0, 0.1) is 5.92 Å². The molecular formula is C16H26ClNO2. The summed E-state index contributed by atoms with van der Waals surface area (Å²) in [5, 5.41) is 14.0. The molecule has 3 nitrogen and oxygen atoms in total. The van der Waals surface area contributed by atoms with Crippen LogP contribution in [0.4, 0.5) is 0 Å². The maximum absolute atomic E-state index is 10.0. The third kappa shape index (κ3) is 5.70. The Morgan fingerprint density at radius 2 is 2.10 bits per heavy atom. The first kappa shape index (κ1) is 17.3. The molecule has 1 aromatic carbocycles. The molecule has 0 aliphatic rings. The normalized spacial score (nSPS) is 14.3. The fraction of sp³-hybridized carbons (Fsp3) is 0.625. The van der Waals surface area contributed by atoms with Gasteiger partial charge in [0, 0.05) is 12.1 Å². The number of hydrogen-bond donors (Lipinski definition) is 2. The summed E-state index contributed by atoms with van der Waals surface area (Å²) in [6.07, 6.45) is 0.637. The van der Waals surface area contributed by atoms with E-state index in [1.54, 1.807) is 6.92 Å². The predicted molar refractivity (Wildman–Crippen MR) is 84.4 cm³/mol. The first-order valence-corrected chi connectivity index (χ1v) is 7.57. The lowest BCUT2D eigenvalue weighted by Crippen LogP contribution is -2.31. The van der Waals surface area contributed by atoms with Crippen LogP contribution >= 0.6 is 11.6 Å². The Morgan fingerprint density at radius 1 is 1.40 bits per heavy atom. The van der Waals surface area contributed by atoms with Crippen LogP contribution in [-0.2, 0) is 6.54 Å². The highest BCUT2D eigenvalue weighted by Crippen LogP contribution is 2.29. The minimum Gasteiger partial charge on any atom is -0.489 e. The topological polar surface area (TPSA) is 41.5 Å². The molecule has 0 bridgehead atoms. The zero-order chi connectivity index (χ0) is 15.2. The lowest BCUT2D eigenvalue weighted by molar-refractivity contribution is 0.00820. The molecule has 0 saturated carbocycles. The Kier molecular flexibility index (Phi) is 6.80. The molecule has 0 aliphatic carbocycles. The summed E-state index contributed by atoms with van der Waals surface area (Å²) in [6.45, 7) is 9.93. The van der Waals surface area contributed by atoms with E-state index in [0.717, 1.165) is 12.1 Å². The molecule has 0 saturated heterocycles. The van der Waals surface area contributed by atoms with Crippen molar-refractivity contribution in [2.45, 2.75) is 46.3 Å². The number of para-hydroxylation sites is 1. The molecule has 0 amide bonds. The molecule has 0 spiro atoms. The van der Waals surface area contributed by atoms with Crippen molar-refractivity contribution in [1.82, 2.24) is 5.32 Å². The Hall–Kier alpha value is -0.770. The Labute approximate surface area is 127 Å². The van der Waals surface area contributed by atoms with Crippen LogP contribution in [0.1, 0.15) is 39.7 Å². The molecule has 1 atom stereocenters. The van der Waals surface area contributed by atoms with E-state index >= 15 is 0 Å². The van der Waals surface area contributed by atoms with Gasteiger partial charge in [-0.1, -0.05) is 44.5 Å². The molecule has 114 valence electrons. The van der Waals surface area contributed by atoms with Crippen LogP contribution in [0.5, 0.6) is 5.75 Å². The van der Waals surface area contributed by atoms with E-state index in [0.29, 0.717) is 29.7 Å². The minimum atomic E-state index is -0.832. The van der Waals surface area contributed by atoms with Crippen molar-refractivity contribution < 1.29 is 9.84 Å². The largest absolute Gasteiger partial charge is 0.489 e. The van der Waals surface area contributed by atoms with Crippen molar-refractivity contribution in [3.05, 3.63) is 28.8 Å². The molecular weight excluding hydrogens is 274 g/mol. The van der Waals surface area contributed by atoms with Gasteiger partial charge >= 0.3 is 0 Å². The predicted octanol–water partition coefficient (Wildman–Crippen LogP) is 3.63. The van der Waals surface area contributed by atoms with E-state index in [1.165, 1.54) is 0 Å². The van der Waals surface area contributed by atoms with Gasteiger partial charge < -0.3 is 15.2 Å². The molecule has 0 radical (unpaired) electrons. The van der Waals surface area contributed by atoms with Gasteiger partial charge in [-0.15, -0.1) is 0 Å². The van der Waals surface area contributed by atoms with E-state index in [2.05, 4.69) is 19.2 Å². The highest BCUT2D eigenvalue weighted by Gasteiger charge is 2.20. The fourth-order valence-corrected chi connectivity index (χ4v) is 1.93. The molecule has 0 aromatic heterocycles. The zero-order valence-electron chi connectivity index (χ0n) is 12.9. The van der Waals surface area contributed by atoms with Gasteiger partial charge in [-0.05, 0) is 31.9 Å². The van der Waals surface area contributed by atoms with Gasteiger partial charge in [-0.2, -0.15) is 0 Å². The highest BCUT2D eigenvalue weighted by molar-refractivity contribution is 6.32. The fourth-order valence-electron chi connectivity index (χ4n) is 1.68. The monoisotopic (exact) mass is 299 g/mol. The molecule has 1 unspecified atom stereocenters. The van der Waals surface area contributed by atoms with E-state index in [1.807, 2.05) is 25.1 Å². The average Bonchev–Trinajstić information content (AvgIpc) is 2.37. The summed E-state index contributed by atoms with van der Waals surface area (Å²) in [4.78, 5) is 0. The Morgan fingerprint density at radius 3 is 2.70 bits per heavy atom. The van der Waals surface area contributed by atoms with Crippen molar-refractivity contribution in [3.63, 3.8) is 0 Å². The number of hydrogen-bond acceptors (Lipinski definition) is 3. The summed E-state index contributed by atoms with van der Waals surface area (Å²) in [5.41, 5.74) is 0.187. The molecule has 1 aromatic rings. The van der Waals surface area contributed by atoms with Crippen molar-refractivity contribution >= 4 is 11.6 Å². The summed E-state index contributed by atoms with van der Waals surface area (Å²) in [6, 6.07) is 5.72. The lowest BCUT2D eigenvalue weighted by Gasteiger charge is -2.23. The van der Waals surface area contributed by atoms with Crippen LogP contribution in [0.15, 0.2) is 18.2 Å². The molecule has 1 rings (SSSR count). The van der Waals surface area contributed by atoms with Crippen LogP contribution in [0.25, 0.3) is 0 Å². The second kappa shape index (κ2) is 7.87. The maximum atomic E-state index is 10.0. The van der Waals surface area contributed by atoms with E-state index in [9.17, 15) is 5.11 Å². The van der Waals surface area contributed by atoms with Gasteiger partial charge in [0.2, 0.25) is 0 Å². The number of aliphatic hydroxyl groups is 1. The van der Waals surface area contributed by atoms with Crippen molar-refractivity contribution in [1.29, 1.82) is 0 Å². The molecule has 0 aliphatic heterocycles. The second-order valence-corrected chi connectivity index (χ2v) is 6.30. The van der Waals surface area contributed by atoms with Gasteiger partial charge in [0.15, 0.2) is 0 Å². The minimum absolute atomic E-state index is 0.240. The summed E-state index contributed by atoms with van der Waals surface area (Å²) < 4.78 is 5.76. The lowest BCUT2D eigenvalue weighted by atomic mass is 10.1. The van der Waals surface area contributed by atoms with Crippen LogP contribution in [-0.4, -0.2) is 23.9 Å².